The van der Waals surface area contributed by atoms with E-state index in [0.717, 1.165) is 57.8 Å². The van der Waals surface area contributed by atoms with Gasteiger partial charge in [0.1, 0.15) is 13.2 Å². The van der Waals surface area contributed by atoms with Crippen molar-refractivity contribution in [1.82, 2.24) is 0 Å². The number of hydrogen-bond donors (Lipinski definition) is 0. The number of hydrogen-bond acceptors (Lipinski definition) is 6. The van der Waals surface area contributed by atoms with Gasteiger partial charge in [-0.15, -0.1) is 0 Å². The Labute approximate surface area is 368 Å². The fraction of sp³-hybridized carbons (Fsp3) is 0.943. The van der Waals surface area contributed by atoms with Gasteiger partial charge in [-0.3, -0.25) is 14.4 Å². The third-order valence-corrected chi connectivity index (χ3v) is 12.1. The first kappa shape index (κ1) is 57.4. The minimum Gasteiger partial charge on any atom is -0.462 e. The molecule has 0 bridgehead atoms. The first-order valence-corrected chi connectivity index (χ1v) is 26.5. The molecule has 350 valence electrons. The van der Waals surface area contributed by atoms with Crippen LogP contribution in [0.4, 0.5) is 0 Å². The molecule has 0 aromatic carbocycles. The monoisotopic (exact) mass is 835 g/mol. The molecule has 0 aromatic heterocycles. The number of esters is 3. The van der Waals surface area contributed by atoms with Crippen molar-refractivity contribution >= 4 is 17.9 Å². The van der Waals surface area contributed by atoms with E-state index in [2.05, 4.69) is 20.8 Å². The van der Waals surface area contributed by atoms with Crippen LogP contribution in [0.5, 0.6) is 0 Å². The van der Waals surface area contributed by atoms with E-state index in [1.54, 1.807) is 0 Å². The molecule has 6 nitrogen and oxygen atoms in total. The van der Waals surface area contributed by atoms with Crippen molar-refractivity contribution < 1.29 is 28.6 Å². The molecule has 0 aliphatic heterocycles. The molecule has 0 amide bonds. The highest BCUT2D eigenvalue weighted by atomic mass is 16.6. The molecular formula is C53H102O6. The fourth-order valence-electron chi connectivity index (χ4n) is 8.09. The summed E-state index contributed by atoms with van der Waals surface area (Å²) in [6.45, 7) is 6.60. The second kappa shape index (κ2) is 49.1. The van der Waals surface area contributed by atoms with Crippen LogP contribution in [0.15, 0.2) is 0 Å². The Kier molecular flexibility index (Phi) is 47.7. The van der Waals surface area contributed by atoms with Crippen molar-refractivity contribution in [2.75, 3.05) is 13.2 Å². The lowest BCUT2D eigenvalue weighted by Crippen LogP contribution is -2.30. The Hall–Kier alpha value is -1.59. The second-order valence-corrected chi connectivity index (χ2v) is 18.2. The van der Waals surface area contributed by atoms with Gasteiger partial charge in [-0.2, -0.15) is 0 Å². The Morgan fingerprint density at radius 3 is 0.678 bits per heavy atom. The SMILES string of the molecule is CCCCCCCCCCCCCCCCCCCCCCCCCCCCC(=O)OCC(COC(=O)CCCCCCCC)OC(=O)CCCCCCCCCCC. The molecule has 1 atom stereocenters. The van der Waals surface area contributed by atoms with Gasteiger partial charge >= 0.3 is 17.9 Å². The maximum Gasteiger partial charge on any atom is 0.306 e. The highest BCUT2D eigenvalue weighted by molar-refractivity contribution is 5.71. The molecule has 0 N–H and O–H groups in total. The summed E-state index contributed by atoms with van der Waals surface area (Å²) in [5.74, 6) is -0.860. The van der Waals surface area contributed by atoms with Gasteiger partial charge in [0.15, 0.2) is 6.10 Å². The topological polar surface area (TPSA) is 78.9 Å². The van der Waals surface area contributed by atoms with Gasteiger partial charge in [-0.05, 0) is 19.3 Å². The number of carbonyl (C=O) groups is 3. The van der Waals surface area contributed by atoms with E-state index in [1.807, 2.05) is 0 Å². The van der Waals surface area contributed by atoms with E-state index in [9.17, 15) is 14.4 Å². The van der Waals surface area contributed by atoms with Crippen molar-refractivity contribution in [2.45, 2.75) is 309 Å². The molecule has 0 aliphatic rings. The summed E-state index contributed by atoms with van der Waals surface area (Å²) >= 11 is 0. The van der Waals surface area contributed by atoms with Crippen molar-refractivity contribution in [2.24, 2.45) is 0 Å². The summed E-state index contributed by atoms with van der Waals surface area (Å²) in [4.78, 5) is 37.6. The van der Waals surface area contributed by atoms with Crippen LogP contribution in [0, 0.1) is 0 Å². The molecule has 0 saturated carbocycles. The summed E-state index contributed by atoms with van der Waals surface area (Å²) in [5.41, 5.74) is 0. The Balaban J connectivity index is 3.92. The van der Waals surface area contributed by atoms with Gasteiger partial charge in [0, 0.05) is 19.3 Å². The zero-order chi connectivity index (χ0) is 43.0. The third kappa shape index (κ3) is 47.3. The van der Waals surface area contributed by atoms with Gasteiger partial charge in [-0.25, -0.2) is 0 Å². The van der Waals surface area contributed by atoms with Crippen LogP contribution < -0.4 is 0 Å². The highest BCUT2D eigenvalue weighted by Gasteiger charge is 2.19. The first-order chi connectivity index (χ1) is 29.0. The predicted octanol–water partition coefficient (Wildman–Crippen LogP) is 17.2. The summed E-state index contributed by atoms with van der Waals surface area (Å²) in [6.07, 6.45) is 52.9. The lowest BCUT2D eigenvalue weighted by atomic mass is 10.0. The van der Waals surface area contributed by atoms with Crippen molar-refractivity contribution in [1.29, 1.82) is 0 Å². The van der Waals surface area contributed by atoms with Crippen LogP contribution in [0.1, 0.15) is 303 Å². The summed E-state index contributed by atoms with van der Waals surface area (Å²) < 4.78 is 16.7. The molecule has 0 heterocycles. The van der Waals surface area contributed by atoms with Crippen LogP contribution >= 0.6 is 0 Å². The molecule has 0 radical (unpaired) electrons. The van der Waals surface area contributed by atoms with E-state index >= 15 is 0 Å². The number of carbonyl (C=O) groups excluding carboxylic acids is 3. The van der Waals surface area contributed by atoms with Gasteiger partial charge < -0.3 is 14.2 Å². The molecule has 0 rings (SSSR count). The van der Waals surface area contributed by atoms with Gasteiger partial charge in [0.05, 0.1) is 0 Å². The maximum absolute atomic E-state index is 12.6. The van der Waals surface area contributed by atoms with Crippen molar-refractivity contribution in [3.63, 3.8) is 0 Å². The lowest BCUT2D eigenvalue weighted by Gasteiger charge is -2.18. The Morgan fingerprint density at radius 2 is 0.458 bits per heavy atom. The number of ether oxygens (including phenoxy) is 3. The van der Waals surface area contributed by atoms with Gasteiger partial charge in [0.2, 0.25) is 0 Å². The summed E-state index contributed by atoms with van der Waals surface area (Å²) in [6, 6.07) is 0. The molecule has 6 heteroatoms. The standard InChI is InChI=1S/C53H102O6/c1-4-7-10-13-16-18-19-20-21-22-23-24-25-26-27-28-29-30-31-32-33-34-36-37-40-43-46-52(55)58-49-50(48-57-51(54)45-42-39-15-12-9-6-3)59-53(56)47-44-41-38-35-17-14-11-8-5-2/h50H,4-49H2,1-3H3. The molecule has 0 fully saturated rings. The van der Waals surface area contributed by atoms with Crippen molar-refractivity contribution in [3.05, 3.63) is 0 Å². The molecule has 0 aromatic rings. The molecule has 0 saturated heterocycles. The van der Waals surface area contributed by atoms with E-state index in [-0.39, 0.29) is 31.1 Å². The van der Waals surface area contributed by atoms with E-state index in [0.29, 0.717) is 19.3 Å². The Bertz CT molecular complexity index is 874. The second-order valence-electron chi connectivity index (χ2n) is 18.2. The molecule has 59 heavy (non-hydrogen) atoms. The van der Waals surface area contributed by atoms with Gasteiger partial charge in [0.25, 0.3) is 0 Å². The van der Waals surface area contributed by atoms with E-state index < -0.39 is 6.10 Å². The number of rotatable bonds is 49. The van der Waals surface area contributed by atoms with Crippen LogP contribution in [0.3, 0.4) is 0 Å². The van der Waals surface area contributed by atoms with Crippen LogP contribution in [0.2, 0.25) is 0 Å². The smallest absolute Gasteiger partial charge is 0.306 e. The largest absolute Gasteiger partial charge is 0.462 e. The first-order valence-electron chi connectivity index (χ1n) is 26.5. The minimum absolute atomic E-state index is 0.0634. The average Bonchev–Trinajstić information content (AvgIpc) is 3.23. The minimum atomic E-state index is -0.757. The molecule has 1 unspecified atom stereocenters. The highest BCUT2D eigenvalue weighted by Crippen LogP contribution is 2.17. The van der Waals surface area contributed by atoms with Crippen LogP contribution in [-0.4, -0.2) is 37.2 Å². The zero-order valence-electron chi connectivity index (χ0n) is 40.1. The van der Waals surface area contributed by atoms with Gasteiger partial charge in [-0.1, -0.05) is 265 Å². The van der Waals surface area contributed by atoms with E-state index in [1.165, 1.54) is 205 Å². The third-order valence-electron chi connectivity index (χ3n) is 12.1. The summed E-state index contributed by atoms with van der Waals surface area (Å²) in [7, 11) is 0. The van der Waals surface area contributed by atoms with E-state index in [4.69, 9.17) is 14.2 Å². The normalized spacial score (nSPS) is 11.8. The quantitative estimate of drug-likeness (QED) is 0.0345. The van der Waals surface area contributed by atoms with Crippen LogP contribution in [-0.2, 0) is 28.6 Å². The molecule has 0 spiro atoms. The number of unbranched alkanes of at least 4 members (excludes halogenated alkanes) is 38. The molecule has 0 aliphatic carbocycles. The average molecular weight is 835 g/mol. The zero-order valence-corrected chi connectivity index (χ0v) is 40.1. The van der Waals surface area contributed by atoms with Crippen LogP contribution in [0.25, 0.3) is 0 Å². The van der Waals surface area contributed by atoms with Crippen molar-refractivity contribution in [3.8, 4) is 0 Å². The lowest BCUT2D eigenvalue weighted by molar-refractivity contribution is -0.167. The summed E-state index contributed by atoms with van der Waals surface area (Å²) in [5, 5.41) is 0. The maximum atomic E-state index is 12.6. The Morgan fingerprint density at radius 1 is 0.271 bits per heavy atom. The predicted molar refractivity (Wildman–Crippen MR) is 252 cm³/mol. The fourth-order valence-corrected chi connectivity index (χ4v) is 8.09. The molecular weight excluding hydrogens is 733 g/mol.